The molecule has 1 amide bonds. The molecule has 0 spiro atoms. The fourth-order valence-corrected chi connectivity index (χ4v) is 4.46. The van der Waals surface area contributed by atoms with Crippen molar-refractivity contribution < 1.29 is 34.0 Å². The second-order valence-corrected chi connectivity index (χ2v) is 7.15. The first-order chi connectivity index (χ1) is 13.9. The molecule has 8 nitrogen and oxygen atoms in total. The maximum Gasteiger partial charge on any atom is 0.342 e. The number of rotatable bonds is 2. The van der Waals surface area contributed by atoms with Gasteiger partial charge in [0.15, 0.2) is 0 Å². The number of ether oxygens (including phenoxy) is 3. The number of esters is 1. The van der Waals surface area contributed by atoms with E-state index in [4.69, 9.17) is 14.2 Å². The highest BCUT2D eigenvalue weighted by atomic mass is 16.5. The SMILES string of the molecule is COc1c2c(c(OC)c3c(O)c4c5c(c(O)cc4cc13)C(=O)N(C)C5)C(=O)OC2. The number of cyclic esters (lactones) is 1. The number of methoxy groups -OCH3 is 2. The molecule has 0 radical (unpaired) electrons. The van der Waals surface area contributed by atoms with Gasteiger partial charge < -0.3 is 29.3 Å². The standard InChI is InChI=1S/C21H17NO7/c1-22-6-10-13-8(5-12(23)14(10)20(22)25)4-9-15(17(13)24)19(28-3)16-11(18(9)27-2)7-29-21(16)26/h4-5,23-24H,6-7H2,1-3H3. The maximum absolute atomic E-state index is 12.4. The Hall–Kier alpha value is -3.68. The summed E-state index contributed by atoms with van der Waals surface area (Å²) in [5.74, 6) is -0.576. The van der Waals surface area contributed by atoms with Crippen LogP contribution in [0.5, 0.6) is 23.0 Å². The number of carbonyl (C=O) groups is 2. The van der Waals surface area contributed by atoms with E-state index in [9.17, 15) is 19.8 Å². The second-order valence-electron chi connectivity index (χ2n) is 7.15. The Morgan fingerprint density at radius 1 is 1.00 bits per heavy atom. The van der Waals surface area contributed by atoms with Crippen LogP contribution in [-0.2, 0) is 17.9 Å². The first kappa shape index (κ1) is 17.4. The quantitative estimate of drug-likeness (QED) is 0.508. The lowest BCUT2D eigenvalue weighted by Gasteiger charge is -2.18. The van der Waals surface area contributed by atoms with E-state index in [1.165, 1.54) is 25.2 Å². The summed E-state index contributed by atoms with van der Waals surface area (Å²) in [5, 5.41) is 23.5. The van der Waals surface area contributed by atoms with Crippen LogP contribution in [0, 0.1) is 0 Å². The Bertz CT molecular complexity index is 1280. The zero-order valence-corrected chi connectivity index (χ0v) is 16.0. The molecule has 2 heterocycles. The van der Waals surface area contributed by atoms with Gasteiger partial charge >= 0.3 is 5.97 Å². The van der Waals surface area contributed by atoms with Crippen LogP contribution in [0.3, 0.4) is 0 Å². The van der Waals surface area contributed by atoms with Gasteiger partial charge in [-0.25, -0.2) is 4.79 Å². The number of phenolic OH excluding ortho intramolecular Hbond substituents is 2. The molecule has 2 aliphatic heterocycles. The number of nitrogens with zero attached hydrogens (tertiary/aromatic N) is 1. The van der Waals surface area contributed by atoms with Crippen LogP contribution in [-0.4, -0.2) is 48.3 Å². The number of fused-ring (bicyclic) bond motifs is 5. The summed E-state index contributed by atoms with van der Waals surface area (Å²) in [6, 6.07) is 3.20. The number of aromatic hydroxyl groups is 2. The molecule has 0 atom stereocenters. The third-order valence-corrected chi connectivity index (χ3v) is 5.67. The van der Waals surface area contributed by atoms with Gasteiger partial charge in [0, 0.05) is 24.4 Å². The van der Waals surface area contributed by atoms with Gasteiger partial charge in [0.25, 0.3) is 5.91 Å². The summed E-state index contributed by atoms with van der Waals surface area (Å²) < 4.78 is 16.2. The van der Waals surface area contributed by atoms with Crippen molar-refractivity contribution in [3.05, 3.63) is 34.4 Å². The fraction of sp³-hybridized carbons (Fsp3) is 0.238. The molecule has 3 aromatic rings. The highest BCUT2D eigenvalue weighted by molar-refractivity contribution is 6.18. The number of carbonyl (C=O) groups excluding carboxylic acids is 2. The van der Waals surface area contributed by atoms with Gasteiger partial charge in [-0.05, 0) is 23.1 Å². The zero-order chi connectivity index (χ0) is 20.6. The van der Waals surface area contributed by atoms with Crippen LogP contribution < -0.4 is 9.47 Å². The molecule has 8 heteroatoms. The van der Waals surface area contributed by atoms with Crippen molar-refractivity contribution in [1.82, 2.24) is 4.90 Å². The summed E-state index contributed by atoms with van der Waals surface area (Å²) in [6.45, 7) is 0.280. The van der Waals surface area contributed by atoms with Crippen molar-refractivity contribution in [2.24, 2.45) is 0 Å². The van der Waals surface area contributed by atoms with Gasteiger partial charge in [-0.3, -0.25) is 4.79 Å². The molecular weight excluding hydrogens is 378 g/mol. The Labute approximate surface area is 164 Å². The minimum Gasteiger partial charge on any atom is -0.507 e. The molecule has 29 heavy (non-hydrogen) atoms. The molecule has 0 unspecified atom stereocenters. The van der Waals surface area contributed by atoms with Crippen molar-refractivity contribution in [2.45, 2.75) is 13.2 Å². The molecule has 0 aromatic heterocycles. The number of hydrogen-bond donors (Lipinski definition) is 2. The van der Waals surface area contributed by atoms with Gasteiger partial charge in [0.2, 0.25) is 0 Å². The van der Waals surface area contributed by atoms with E-state index >= 15 is 0 Å². The number of phenols is 2. The highest BCUT2D eigenvalue weighted by Crippen LogP contribution is 2.51. The Balaban J connectivity index is 2.02. The zero-order valence-electron chi connectivity index (χ0n) is 16.0. The van der Waals surface area contributed by atoms with Crippen LogP contribution in [0.1, 0.15) is 31.8 Å². The third kappa shape index (κ3) is 2.03. The predicted molar refractivity (Wildman–Crippen MR) is 103 cm³/mol. The fourth-order valence-electron chi connectivity index (χ4n) is 4.46. The second kappa shape index (κ2) is 5.66. The van der Waals surface area contributed by atoms with Gasteiger partial charge in [-0.1, -0.05) is 0 Å². The summed E-state index contributed by atoms with van der Waals surface area (Å²) in [4.78, 5) is 26.2. The maximum atomic E-state index is 12.4. The predicted octanol–water partition coefficient (Wildman–Crippen LogP) is 2.68. The lowest BCUT2D eigenvalue weighted by Crippen LogP contribution is -2.17. The largest absolute Gasteiger partial charge is 0.507 e. The molecule has 148 valence electrons. The first-order valence-corrected chi connectivity index (χ1v) is 8.92. The highest BCUT2D eigenvalue weighted by Gasteiger charge is 2.36. The molecule has 0 saturated carbocycles. The van der Waals surface area contributed by atoms with E-state index in [-0.39, 0.29) is 47.4 Å². The van der Waals surface area contributed by atoms with Gasteiger partial charge in [0.05, 0.1) is 30.7 Å². The Morgan fingerprint density at radius 3 is 2.41 bits per heavy atom. The van der Waals surface area contributed by atoms with Crippen molar-refractivity contribution in [3.63, 3.8) is 0 Å². The third-order valence-electron chi connectivity index (χ3n) is 5.67. The van der Waals surface area contributed by atoms with E-state index in [1.54, 1.807) is 13.1 Å². The first-order valence-electron chi connectivity index (χ1n) is 8.92. The van der Waals surface area contributed by atoms with Gasteiger partial charge in [-0.15, -0.1) is 0 Å². The minimum atomic E-state index is -0.553. The molecule has 0 fully saturated rings. The molecule has 2 N–H and O–H groups in total. The summed E-state index contributed by atoms with van der Waals surface area (Å²) in [5.41, 5.74) is 1.45. The smallest absolute Gasteiger partial charge is 0.342 e. The summed E-state index contributed by atoms with van der Waals surface area (Å²) in [6.07, 6.45) is 0. The number of benzene rings is 3. The van der Waals surface area contributed by atoms with E-state index in [0.29, 0.717) is 38.4 Å². The monoisotopic (exact) mass is 395 g/mol. The van der Waals surface area contributed by atoms with Crippen molar-refractivity contribution in [1.29, 1.82) is 0 Å². The number of hydrogen-bond acceptors (Lipinski definition) is 7. The van der Waals surface area contributed by atoms with Gasteiger partial charge in [-0.2, -0.15) is 0 Å². The normalized spacial score (nSPS) is 15.1. The van der Waals surface area contributed by atoms with Crippen LogP contribution >= 0.6 is 0 Å². The lowest BCUT2D eigenvalue weighted by atomic mass is 9.92. The summed E-state index contributed by atoms with van der Waals surface area (Å²) in [7, 11) is 4.51. The minimum absolute atomic E-state index is 0.0389. The van der Waals surface area contributed by atoms with Crippen LogP contribution in [0.2, 0.25) is 0 Å². The Kier molecular flexibility index (Phi) is 3.40. The molecule has 0 aliphatic carbocycles. The van der Waals surface area contributed by atoms with Crippen LogP contribution in [0.4, 0.5) is 0 Å². The molecule has 3 aromatic carbocycles. The molecular formula is C21H17NO7. The molecule has 2 aliphatic rings. The Morgan fingerprint density at radius 2 is 1.72 bits per heavy atom. The molecule has 0 bridgehead atoms. The average Bonchev–Trinajstić information content (AvgIpc) is 3.20. The van der Waals surface area contributed by atoms with E-state index in [1.807, 2.05) is 0 Å². The lowest BCUT2D eigenvalue weighted by molar-refractivity contribution is 0.0532. The van der Waals surface area contributed by atoms with Crippen LogP contribution in [0.15, 0.2) is 12.1 Å². The van der Waals surface area contributed by atoms with E-state index in [0.717, 1.165) is 0 Å². The summed E-state index contributed by atoms with van der Waals surface area (Å²) >= 11 is 0. The average molecular weight is 395 g/mol. The van der Waals surface area contributed by atoms with Gasteiger partial charge in [0.1, 0.15) is 35.2 Å². The van der Waals surface area contributed by atoms with E-state index < -0.39 is 5.97 Å². The number of amides is 1. The topological polar surface area (TPSA) is 106 Å². The molecule has 0 saturated heterocycles. The molecule has 5 rings (SSSR count). The van der Waals surface area contributed by atoms with Crippen molar-refractivity contribution >= 4 is 33.4 Å². The van der Waals surface area contributed by atoms with Crippen molar-refractivity contribution in [3.8, 4) is 23.0 Å². The van der Waals surface area contributed by atoms with Crippen LogP contribution in [0.25, 0.3) is 21.5 Å². The van der Waals surface area contributed by atoms with E-state index in [2.05, 4.69) is 0 Å². The van der Waals surface area contributed by atoms with Crippen molar-refractivity contribution in [2.75, 3.05) is 21.3 Å².